The molecule has 0 heterocycles. The molecule has 0 spiro atoms. The van der Waals surface area contributed by atoms with Gasteiger partial charge in [-0.25, -0.2) is 0 Å². The lowest BCUT2D eigenvalue weighted by Gasteiger charge is -2.14. The predicted molar refractivity (Wildman–Crippen MR) is 73.1 cm³/mol. The average Bonchev–Trinajstić information content (AvgIpc) is 3.19. The number of carboxylic acid groups (broad SMARTS) is 1. The van der Waals surface area contributed by atoms with E-state index in [1.54, 1.807) is 31.2 Å². The summed E-state index contributed by atoms with van der Waals surface area (Å²) in [6, 6.07) is 7.07. The lowest BCUT2D eigenvalue weighted by Crippen LogP contribution is -2.23. The van der Waals surface area contributed by atoms with Crippen molar-refractivity contribution in [2.45, 2.75) is 39.0 Å². The Morgan fingerprint density at radius 2 is 2.11 bits per heavy atom. The van der Waals surface area contributed by atoms with Crippen LogP contribution in [0.3, 0.4) is 0 Å². The Morgan fingerprint density at radius 3 is 2.63 bits per heavy atom. The van der Waals surface area contributed by atoms with E-state index in [-0.39, 0.29) is 11.3 Å². The van der Waals surface area contributed by atoms with Gasteiger partial charge in [0.15, 0.2) is 0 Å². The van der Waals surface area contributed by atoms with Gasteiger partial charge in [-0.15, -0.1) is 0 Å². The molecule has 0 bridgehead atoms. The van der Waals surface area contributed by atoms with E-state index in [2.05, 4.69) is 5.32 Å². The van der Waals surface area contributed by atoms with Crippen molar-refractivity contribution in [2.24, 2.45) is 5.41 Å². The standard InChI is InChI=1S/C15H19NO3/c1-3-15(7-8-15)14(19)16-12-6-4-5-11(9-12)10(2)13(17)18/h4-6,9-10H,3,7-8H2,1-2H3,(H,16,19)(H,17,18). The van der Waals surface area contributed by atoms with Crippen molar-refractivity contribution in [3.8, 4) is 0 Å². The van der Waals surface area contributed by atoms with Gasteiger partial charge in [0, 0.05) is 11.1 Å². The average molecular weight is 261 g/mol. The van der Waals surface area contributed by atoms with Gasteiger partial charge in [0.05, 0.1) is 5.92 Å². The van der Waals surface area contributed by atoms with E-state index in [0.29, 0.717) is 11.3 Å². The summed E-state index contributed by atoms with van der Waals surface area (Å²) in [5.41, 5.74) is 1.19. The Labute approximate surface area is 112 Å². The maximum absolute atomic E-state index is 12.1. The first-order valence-electron chi connectivity index (χ1n) is 6.63. The Kier molecular flexibility index (Phi) is 3.60. The summed E-state index contributed by atoms with van der Waals surface area (Å²) in [5.74, 6) is -1.39. The lowest BCUT2D eigenvalue weighted by molar-refractivity contribution is -0.138. The molecule has 0 radical (unpaired) electrons. The Balaban J connectivity index is 2.11. The number of aliphatic carboxylic acids is 1. The molecule has 1 atom stereocenters. The molecule has 1 amide bonds. The molecule has 0 aliphatic heterocycles. The molecule has 102 valence electrons. The third kappa shape index (κ3) is 2.78. The van der Waals surface area contributed by atoms with E-state index in [9.17, 15) is 9.59 Å². The smallest absolute Gasteiger partial charge is 0.310 e. The van der Waals surface area contributed by atoms with E-state index in [4.69, 9.17) is 5.11 Å². The maximum atomic E-state index is 12.1. The number of benzene rings is 1. The topological polar surface area (TPSA) is 66.4 Å². The van der Waals surface area contributed by atoms with Crippen LogP contribution < -0.4 is 5.32 Å². The van der Waals surface area contributed by atoms with E-state index < -0.39 is 11.9 Å². The number of amides is 1. The second kappa shape index (κ2) is 5.03. The fourth-order valence-corrected chi connectivity index (χ4v) is 2.18. The second-order valence-electron chi connectivity index (χ2n) is 5.27. The highest BCUT2D eigenvalue weighted by Gasteiger charge is 2.47. The third-order valence-corrected chi connectivity index (χ3v) is 4.03. The zero-order valence-corrected chi connectivity index (χ0v) is 11.3. The van der Waals surface area contributed by atoms with Gasteiger partial charge >= 0.3 is 5.97 Å². The molecule has 2 rings (SSSR count). The number of hydrogen-bond donors (Lipinski definition) is 2. The molecule has 0 aromatic heterocycles. The summed E-state index contributed by atoms with van der Waals surface area (Å²) in [4.78, 5) is 23.1. The van der Waals surface area contributed by atoms with E-state index >= 15 is 0 Å². The lowest BCUT2D eigenvalue weighted by atomic mass is 10.00. The van der Waals surface area contributed by atoms with Crippen molar-refractivity contribution in [3.05, 3.63) is 29.8 Å². The van der Waals surface area contributed by atoms with Crippen molar-refractivity contribution < 1.29 is 14.7 Å². The number of carboxylic acids is 1. The highest BCUT2D eigenvalue weighted by atomic mass is 16.4. The molecule has 1 aliphatic rings. The van der Waals surface area contributed by atoms with Gasteiger partial charge in [-0.3, -0.25) is 9.59 Å². The van der Waals surface area contributed by atoms with Gasteiger partial charge in [0.25, 0.3) is 0 Å². The maximum Gasteiger partial charge on any atom is 0.310 e. The minimum atomic E-state index is -0.865. The Morgan fingerprint density at radius 1 is 1.42 bits per heavy atom. The van der Waals surface area contributed by atoms with Gasteiger partial charge in [-0.2, -0.15) is 0 Å². The van der Waals surface area contributed by atoms with Crippen molar-refractivity contribution in [2.75, 3.05) is 5.32 Å². The quantitative estimate of drug-likeness (QED) is 0.856. The number of anilines is 1. The van der Waals surface area contributed by atoms with Crippen molar-refractivity contribution in [3.63, 3.8) is 0 Å². The summed E-state index contributed by atoms with van der Waals surface area (Å²) >= 11 is 0. The molecule has 19 heavy (non-hydrogen) atoms. The highest BCUT2D eigenvalue weighted by Crippen LogP contribution is 2.49. The van der Waals surface area contributed by atoms with E-state index in [0.717, 1.165) is 19.3 Å². The monoisotopic (exact) mass is 261 g/mol. The van der Waals surface area contributed by atoms with Crippen LogP contribution in [0, 0.1) is 5.41 Å². The summed E-state index contributed by atoms with van der Waals surface area (Å²) in [6.45, 7) is 3.66. The molecule has 0 saturated heterocycles. The number of carbonyl (C=O) groups is 2. The molecular weight excluding hydrogens is 242 g/mol. The summed E-state index contributed by atoms with van der Waals surface area (Å²) in [5, 5.41) is 11.9. The fraction of sp³-hybridized carbons (Fsp3) is 0.467. The van der Waals surface area contributed by atoms with Crippen LogP contribution in [0.25, 0.3) is 0 Å². The first kappa shape index (κ1) is 13.6. The molecule has 2 N–H and O–H groups in total. The van der Waals surface area contributed by atoms with Gasteiger partial charge in [-0.1, -0.05) is 19.1 Å². The molecule has 4 heteroatoms. The van der Waals surface area contributed by atoms with Crippen LogP contribution in [0.1, 0.15) is 44.6 Å². The van der Waals surface area contributed by atoms with E-state index in [1.165, 1.54) is 0 Å². The van der Waals surface area contributed by atoms with Gasteiger partial charge in [0.2, 0.25) is 5.91 Å². The second-order valence-corrected chi connectivity index (χ2v) is 5.27. The number of nitrogens with one attached hydrogen (secondary N) is 1. The molecule has 1 aromatic carbocycles. The molecule has 1 unspecified atom stereocenters. The van der Waals surface area contributed by atoms with Crippen LogP contribution >= 0.6 is 0 Å². The first-order chi connectivity index (χ1) is 8.98. The zero-order valence-electron chi connectivity index (χ0n) is 11.3. The number of rotatable bonds is 5. The molecule has 1 aliphatic carbocycles. The summed E-state index contributed by atoms with van der Waals surface area (Å²) < 4.78 is 0. The van der Waals surface area contributed by atoms with Crippen molar-refractivity contribution >= 4 is 17.6 Å². The van der Waals surface area contributed by atoms with Crippen LogP contribution in [0.15, 0.2) is 24.3 Å². The largest absolute Gasteiger partial charge is 0.481 e. The third-order valence-electron chi connectivity index (χ3n) is 4.03. The van der Waals surface area contributed by atoms with Gasteiger partial charge < -0.3 is 10.4 Å². The Hall–Kier alpha value is -1.84. The van der Waals surface area contributed by atoms with Crippen LogP contribution in [-0.4, -0.2) is 17.0 Å². The molecule has 4 nitrogen and oxygen atoms in total. The fourth-order valence-electron chi connectivity index (χ4n) is 2.18. The number of carbonyl (C=O) groups excluding carboxylic acids is 1. The molecule has 1 saturated carbocycles. The minimum Gasteiger partial charge on any atom is -0.481 e. The normalized spacial score (nSPS) is 17.6. The van der Waals surface area contributed by atoms with E-state index in [1.807, 2.05) is 6.92 Å². The van der Waals surface area contributed by atoms with Crippen molar-refractivity contribution in [1.82, 2.24) is 0 Å². The van der Waals surface area contributed by atoms with Crippen LogP contribution in [0.5, 0.6) is 0 Å². The zero-order chi connectivity index (χ0) is 14.0. The van der Waals surface area contributed by atoms with Crippen LogP contribution in [-0.2, 0) is 9.59 Å². The van der Waals surface area contributed by atoms with Gasteiger partial charge in [-0.05, 0) is 43.9 Å². The number of hydrogen-bond acceptors (Lipinski definition) is 2. The molecular formula is C15H19NO3. The van der Waals surface area contributed by atoms with Crippen LogP contribution in [0.4, 0.5) is 5.69 Å². The summed E-state index contributed by atoms with van der Waals surface area (Å²) in [7, 11) is 0. The van der Waals surface area contributed by atoms with Gasteiger partial charge in [0.1, 0.15) is 0 Å². The van der Waals surface area contributed by atoms with Crippen molar-refractivity contribution in [1.29, 1.82) is 0 Å². The SMILES string of the molecule is CCC1(C(=O)Nc2cccc(C(C)C(=O)O)c2)CC1. The first-order valence-corrected chi connectivity index (χ1v) is 6.63. The molecule has 1 aromatic rings. The highest BCUT2D eigenvalue weighted by molar-refractivity contribution is 5.97. The molecule has 1 fully saturated rings. The van der Waals surface area contributed by atoms with Crippen LogP contribution in [0.2, 0.25) is 0 Å². The predicted octanol–water partition coefficient (Wildman–Crippen LogP) is 3.00. The minimum absolute atomic E-state index is 0.0510. The Bertz CT molecular complexity index is 506. The summed E-state index contributed by atoms with van der Waals surface area (Å²) in [6.07, 6.45) is 2.74.